The minimum absolute atomic E-state index is 0.338. The van der Waals surface area contributed by atoms with E-state index in [2.05, 4.69) is 53.4 Å². The van der Waals surface area contributed by atoms with E-state index in [1.54, 1.807) is 24.2 Å². The van der Waals surface area contributed by atoms with Gasteiger partial charge in [0.2, 0.25) is 0 Å². The van der Waals surface area contributed by atoms with Gasteiger partial charge in [-0.15, -0.1) is 0 Å². The van der Waals surface area contributed by atoms with Gasteiger partial charge in [-0.05, 0) is 37.1 Å². The van der Waals surface area contributed by atoms with E-state index < -0.39 is 0 Å². The zero-order chi connectivity index (χ0) is 14.2. The summed E-state index contributed by atoms with van der Waals surface area (Å²) < 4.78 is 0. The van der Waals surface area contributed by atoms with Crippen LogP contribution in [0.2, 0.25) is 0 Å². The molecular weight excluding hydrogens is 266 g/mol. The van der Waals surface area contributed by atoms with Crippen LogP contribution in [-0.2, 0) is 0 Å². The fraction of sp³-hybridized carbons (Fsp3) is 0.375. The molecule has 1 aromatic carbocycles. The summed E-state index contributed by atoms with van der Waals surface area (Å²) >= 11 is 1.70. The van der Waals surface area contributed by atoms with Crippen molar-refractivity contribution in [3.8, 4) is 0 Å². The van der Waals surface area contributed by atoms with Gasteiger partial charge >= 0.3 is 0 Å². The van der Waals surface area contributed by atoms with Gasteiger partial charge in [-0.1, -0.05) is 43.0 Å². The Kier molecular flexibility index (Phi) is 6.02. The highest BCUT2D eigenvalue weighted by Gasteiger charge is 2.13. The van der Waals surface area contributed by atoms with E-state index in [1.165, 1.54) is 11.1 Å². The van der Waals surface area contributed by atoms with Crippen molar-refractivity contribution in [2.75, 3.05) is 12.3 Å². The summed E-state index contributed by atoms with van der Waals surface area (Å²) in [7, 11) is 0. The molecule has 0 amide bonds. The van der Waals surface area contributed by atoms with E-state index >= 15 is 0 Å². The number of aromatic nitrogens is 2. The van der Waals surface area contributed by atoms with Gasteiger partial charge in [-0.25, -0.2) is 9.97 Å². The highest BCUT2D eigenvalue weighted by atomic mass is 32.2. The van der Waals surface area contributed by atoms with Gasteiger partial charge in [0.25, 0.3) is 0 Å². The maximum Gasteiger partial charge on any atom is 0.187 e. The van der Waals surface area contributed by atoms with Crippen LogP contribution in [0.5, 0.6) is 0 Å². The SMILES string of the molecule is CCCNC(CSc1ncccn1)c1ccccc1C. The van der Waals surface area contributed by atoms with Gasteiger partial charge in [0.15, 0.2) is 5.16 Å². The molecule has 0 saturated heterocycles. The summed E-state index contributed by atoms with van der Waals surface area (Å²) in [6, 6.07) is 10.7. The maximum atomic E-state index is 4.27. The maximum absolute atomic E-state index is 4.27. The molecule has 1 unspecified atom stereocenters. The Balaban J connectivity index is 2.06. The Hall–Kier alpha value is -1.39. The van der Waals surface area contributed by atoms with E-state index in [0.717, 1.165) is 23.9 Å². The van der Waals surface area contributed by atoms with Crippen molar-refractivity contribution in [1.29, 1.82) is 0 Å². The first-order valence-electron chi connectivity index (χ1n) is 7.00. The first kappa shape index (κ1) is 15.0. The fourth-order valence-corrected chi connectivity index (χ4v) is 2.96. The molecule has 0 aliphatic carbocycles. The second kappa shape index (κ2) is 8.02. The van der Waals surface area contributed by atoms with Crippen molar-refractivity contribution in [3.63, 3.8) is 0 Å². The van der Waals surface area contributed by atoms with Crippen LogP contribution in [0.25, 0.3) is 0 Å². The van der Waals surface area contributed by atoms with Crippen molar-refractivity contribution in [2.24, 2.45) is 0 Å². The van der Waals surface area contributed by atoms with Crippen LogP contribution in [-0.4, -0.2) is 22.3 Å². The van der Waals surface area contributed by atoms with E-state index in [-0.39, 0.29) is 0 Å². The first-order chi connectivity index (χ1) is 9.81. The molecule has 1 atom stereocenters. The average Bonchev–Trinajstić information content (AvgIpc) is 2.49. The minimum atomic E-state index is 0.338. The molecule has 0 fully saturated rings. The first-order valence-corrected chi connectivity index (χ1v) is 7.98. The fourth-order valence-electron chi connectivity index (χ4n) is 2.07. The molecule has 1 aromatic heterocycles. The van der Waals surface area contributed by atoms with Gasteiger partial charge in [-0.3, -0.25) is 0 Å². The third-order valence-corrected chi connectivity index (χ3v) is 4.09. The number of thioether (sulfide) groups is 1. The Bertz CT molecular complexity index is 516. The van der Waals surface area contributed by atoms with Gasteiger partial charge < -0.3 is 5.32 Å². The molecule has 0 radical (unpaired) electrons. The topological polar surface area (TPSA) is 37.8 Å². The summed E-state index contributed by atoms with van der Waals surface area (Å²) in [4.78, 5) is 8.54. The van der Waals surface area contributed by atoms with Crippen LogP contribution in [0.15, 0.2) is 47.9 Å². The summed E-state index contributed by atoms with van der Waals surface area (Å²) in [5.41, 5.74) is 2.69. The summed E-state index contributed by atoms with van der Waals surface area (Å²) in [5.74, 6) is 0.939. The molecule has 3 nitrogen and oxygen atoms in total. The molecule has 1 N–H and O–H groups in total. The Morgan fingerprint density at radius 3 is 2.60 bits per heavy atom. The van der Waals surface area contributed by atoms with Gasteiger partial charge in [-0.2, -0.15) is 0 Å². The quantitative estimate of drug-likeness (QED) is 0.623. The summed E-state index contributed by atoms with van der Waals surface area (Å²) in [6.07, 6.45) is 4.71. The summed E-state index contributed by atoms with van der Waals surface area (Å²) in [6.45, 7) is 5.38. The third kappa shape index (κ3) is 4.32. The normalized spacial score (nSPS) is 12.3. The van der Waals surface area contributed by atoms with Crippen LogP contribution in [0.1, 0.15) is 30.5 Å². The van der Waals surface area contributed by atoms with Crippen LogP contribution >= 0.6 is 11.8 Å². The van der Waals surface area contributed by atoms with Crippen LogP contribution in [0, 0.1) is 6.92 Å². The average molecular weight is 287 g/mol. The monoisotopic (exact) mass is 287 g/mol. The zero-order valence-electron chi connectivity index (χ0n) is 12.0. The lowest BCUT2D eigenvalue weighted by molar-refractivity contribution is 0.575. The predicted octanol–water partition coefficient (Wildman–Crippen LogP) is 3.62. The molecule has 0 saturated carbocycles. The molecular formula is C16H21N3S. The molecule has 0 aliphatic heterocycles. The molecule has 2 aromatic rings. The van der Waals surface area contributed by atoms with Gasteiger partial charge in [0.05, 0.1) is 0 Å². The number of hydrogen-bond donors (Lipinski definition) is 1. The largest absolute Gasteiger partial charge is 0.309 e. The third-order valence-electron chi connectivity index (χ3n) is 3.13. The van der Waals surface area contributed by atoms with Crippen molar-refractivity contribution in [2.45, 2.75) is 31.5 Å². The van der Waals surface area contributed by atoms with E-state index in [0.29, 0.717) is 6.04 Å². The molecule has 106 valence electrons. The van der Waals surface area contributed by atoms with Crippen LogP contribution in [0.3, 0.4) is 0 Å². The molecule has 4 heteroatoms. The minimum Gasteiger partial charge on any atom is -0.309 e. The second-order valence-electron chi connectivity index (χ2n) is 4.71. The Morgan fingerprint density at radius 1 is 1.15 bits per heavy atom. The van der Waals surface area contributed by atoms with Crippen molar-refractivity contribution in [1.82, 2.24) is 15.3 Å². The smallest absolute Gasteiger partial charge is 0.187 e. The van der Waals surface area contributed by atoms with E-state index in [1.807, 2.05) is 6.07 Å². The lowest BCUT2D eigenvalue weighted by atomic mass is 10.0. The second-order valence-corrected chi connectivity index (χ2v) is 5.69. The number of aryl methyl sites for hydroxylation is 1. The van der Waals surface area contributed by atoms with Crippen LogP contribution < -0.4 is 5.32 Å². The lowest BCUT2D eigenvalue weighted by Crippen LogP contribution is -2.24. The molecule has 0 aliphatic rings. The molecule has 1 heterocycles. The number of nitrogens with one attached hydrogen (secondary N) is 1. The standard InChI is InChI=1S/C16H21N3S/c1-3-9-17-15(14-8-5-4-7-13(14)2)12-20-16-18-10-6-11-19-16/h4-8,10-11,15,17H,3,9,12H2,1-2H3. The summed E-state index contributed by atoms with van der Waals surface area (Å²) in [5, 5.41) is 4.46. The number of hydrogen-bond acceptors (Lipinski definition) is 4. The number of nitrogens with zero attached hydrogens (tertiary/aromatic N) is 2. The van der Waals surface area contributed by atoms with E-state index in [9.17, 15) is 0 Å². The predicted molar refractivity (Wildman–Crippen MR) is 85.0 cm³/mol. The van der Waals surface area contributed by atoms with Gasteiger partial charge in [0.1, 0.15) is 0 Å². The highest BCUT2D eigenvalue weighted by molar-refractivity contribution is 7.99. The number of rotatable bonds is 7. The molecule has 20 heavy (non-hydrogen) atoms. The van der Waals surface area contributed by atoms with Gasteiger partial charge in [0, 0.05) is 24.2 Å². The molecule has 0 bridgehead atoms. The van der Waals surface area contributed by atoms with Crippen LogP contribution in [0.4, 0.5) is 0 Å². The zero-order valence-corrected chi connectivity index (χ0v) is 12.9. The van der Waals surface area contributed by atoms with Crippen molar-refractivity contribution < 1.29 is 0 Å². The molecule has 0 spiro atoms. The van der Waals surface area contributed by atoms with Crippen molar-refractivity contribution >= 4 is 11.8 Å². The number of benzene rings is 1. The van der Waals surface area contributed by atoms with Crippen molar-refractivity contribution in [3.05, 3.63) is 53.9 Å². The molecule has 2 rings (SSSR count). The Labute approximate surface area is 125 Å². The highest BCUT2D eigenvalue weighted by Crippen LogP contribution is 2.24. The van der Waals surface area contributed by atoms with E-state index in [4.69, 9.17) is 0 Å². The lowest BCUT2D eigenvalue weighted by Gasteiger charge is -2.20. The Morgan fingerprint density at radius 2 is 1.90 bits per heavy atom.